The topological polar surface area (TPSA) is 68.5 Å². The molecule has 3 aromatic carbocycles. The van der Waals surface area contributed by atoms with E-state index in [1.54, 1.807) is 18.2 Å². The molecule has 0 aliphatic carbocycles. The van der Waals surface area contributed by atoms with E-state index in [2.05, 4.69) is 17.2 Å². The molecule has 1 heterocycles. The number of fused-ring (bicyclic) bond motifs is 2. The highest BCUT2D eigenvalue weighted by molar-refractivity contribution is 5.96. The van der Waals surface area contributed by atoms with Gasteiger partial charge in [0, 0.05) is 10.8 Å². The van der Waals surface area contributed by atoms with Gasteiger partial charge in [-0.1, -0.05) is 66.4 Å². The van der Waals surface area contributed by atoms with Crippen molar-refractivity contribution in [2.45, 2.75) is 0 Å². The molecule has 4 aromatic rings. The summed E-state index contributed by atoms with van der Waals surface area (Å²) in [6.07, 6.45) is 0. The van der Waals surface area contributed by atoms with Crippen LogP contribution in [0.25, 0.3) is 21.7 Å². The molecule has 1 N–H and O–H groups in total. The summed E-state index contributed by atoms with van der Waals surface area (Å²) in [5.74, 6) is 5.92. The van der Waals surface area contributed by atoms with Crippen LogP contribution in [0.15, 0.2) is 82.0 Å². The van der Waals surface area contributed by atoms with Crippen molar-refractivity contribution in [2.24, 2.45) is 0 Å². The summed E-state index contributed by atoms with van der Waals surface area (Å²) in [5, 5.41) is 5.41. The molecule has 0 spiro atoms. The molecule has 142 valence electrons. The highest BCUT2D eigenvalue weighted by Gasteiger charge is 2.12. The molecule has 0 aliphatic rings. The lowest BCUT2D eigenvalue weighted by Gasteiger charge is -2.06. The number of hydrogen-bond donors (Lipinski definition) is 1. The number of hydrogen-bond acceptors (Lipinski definition) is 4. The molecule has 0 saturated heterocycles. The number of carbonyl (C=O) groups excluding carboxylic acids is 1. The summed E-state index contributed by atoms with van der Waals surface area (Å²) in [6, 6.07) is 22.3. The van der Waals surface area contributed by atoms with Crippen molar-refractivity contribution in [3.63, 3.8) is 0 Å². The normalized spacial score (nSPS) is 10.3. The quantitative estimate of drug-likeness (QED) is 0.430. The van der Waals surface area contributed by atoms with Gasteiger partial charge < -0.3 is 14.5 Å². The SMILES string of the molecule is O=C(NCC#CCOc1cccc2ccccc12)c1cc2ccccc2oc1=O. The molecule has 0 aliphatic heterocycles. The lowest BCUT2D eigenvalue weighted by molar-refractivity contribution is 0.0955. The smallest absolute Gasteiger partial charge is 0.349 e. The van der Waals surface area contributed by atoms with E-state index in [1.165, 1.54) is 6.07 Å². The average Bonchev–Trinajstić information content (AvgIpc) is 2.75. The first-order valence-corrected chi connectivity index (χ1v) is 9.10. The van der Waals surface area contributed by atoms with Gasteiger partial charge in [0.1, 0.15) is 23.5 Å². The maximum absolute atomic E-state index is 12.2. The monoisotopic (exact) mass is 383 g/mol. The number of nitrogens with one attached hydrogen (secondary N) is 1. The number of ether oxygens (including phenoxy) is 1. The van der Waals surface area contributed by atoms with Crippen molar-refractivity contribution >= 4 is 27.6 Å². The van der Waals surface area contributed by atoms with E-state index >= 15 is 0 Å². The summed E-state index contributed by atoms with van der Waals surface area (Å²) < 4.78 is 10.9. The highest BCUT2D eigenvalue weighted by Crippen LogP contribution is 2.24. The molecule has 0 bridgehead atoms. The summed E-state index contributed by atoms with van der Waals surface area (Å²) in [5.41, 5.74) is -0.273. The van der Waals surface area contributed by atoms with Crippen LogP contribution >= 0.6 is 0 Å². The largest absolute Gasteiger partial charge is 0.480 e. The predicted octanol–water partition coefficient (Wildman–Crippen LogP) is 3.76. The van der Waals surface area contributed by atoms with Gasteiger partial charge >= 0.3 is 5.63 Å². The van der Waals surface area contributed by atoms with Crippen molar-refractivity contribution in [1.29, 1.82) is 0 Å². The third kappa shape index (κ3) is 4.12. The van der Waals surface area contributed by atoms with Crippen LogP contribution in [0, 0.1) is 11.8 Å². The first-order valence-electron chi connectivity index (χ1n) is 9.10. The molecule has 0 radical (unpaired) electrons. The molecule has 5 heteroatoms. The van der Waals surface area contributed by atoms with Crippen LogP contribution in [-0.2, 0) is 0 Å². The van der Waals surface area contributed by atoms with E-state index < -0.39 is 11.5 Å². The Bertz CT molecular complexity index is 1310. The number of rotatable bonds is 4. The average molecular weight is 383 g/mol. The van der Waals surface area contributed by atoms with Gasteiger partial charge in [-0.2, -0.15) is 0 Å². The number of para-hydroxylation sites is 1. The first-order chi connectivity index (χ1) is 14.2. The van der Waals surface area contributed by atoms with Crippen LogP contribution in [0.3, 0.4) is 0 Å². The molecule has 0 unspecified atom stereocenters. The third-order valence-electron chi connectivity index (χ3n) is 4.40. The third-order valence-corrected chi connectivity index (χ3v) is 4.40. The first kappa shape index (κ1) is 18.3. The lowest BCUT2D eigenvalue weighted by Crippen LogP contribution is -2.28. The highest BCUT2D eigenvalue weighted by atomic mass is 16.5. The maximum Gasteiger partial charge on any atom is 0.349 e. The second-order valence-corrected chi connectivity index (χ2v) is 6.29. The van der Waals surface area contributed by atoms with Crippen LogP contribution in [0.4, 0.5) is 0 Å². The number of amides is 1. The zero-order chi connectivity index (χ0) is 20.1. The van der Waals surface area contributed by atoms with Crippen molar-refractivity contribution in [3.05, 3.63) is 88.8 Å². The number of benzene rings is 3. The number of carbonyl (C=O) groups is 1. The molecular weight excluding hydrogens is 366 g/mol. The van der Waals surface area contributed by atoms with E-state index in [0.717, 1.165) is 16.5 Å². The van der Waals surface area contributed by atoms with Crippen molar-refractivity contribution in [2.75, 3.05) is 13.2 Å². The van der Waals surface area contributed by atoms with E-state index in [4.69, 9.17) is 9.15 Å². The summed E-state index contributed by atoms with van der Waals surface area (Å²) in [6.45, 7) is 0.298. The van der Waals surface area contributed by atoms with E-state index in [0.29, 0.717) is 11.0 Å². The fourth-order valence-corrected chi connectivity index (χ4v) is 2.99. The molecule has 29 heavy (non-hydrogen) atoms. The van der Waals surface area contributed by atoms with Crippen molar-refractivity contribution in [3.8, 4) is 17.6 Å². The summed E-state index contributed by atoms with van der Waals surface area (Å²) in [7, 11) is 0. The molecule has 1 aromatic heterocycles. The van der Waals surface area contributed by atoms with Crippen LogP contribution in [-0.4, -0.2) is 19.1 Å². The summed E-state index contributed by atoms with van der Waals surface area (Å²) in [4.78, 5) is 24.2. The van der Waals surface area contributed by atoms with Gasteiger partial charge in [-0.05, 0) is 23.6 Å². The molecule has 0 saturated carbocycles. The molecule has 0 fully saturated rings. The maximum atomic E-state index is 12.2. The Hall–Kier alpha value is -4.04. The second kappa shape index (κ2) is 8.32. The minimum Gasteiger partial charge on any atom is -0.480 e. The Labute approximate surface area is 166 Å². The van der Waals surface area contributed by atoms with Crippen molar-refractivity contribution < 1.29 is 13.9 Å². The van der Waals surface area contributed by atoms with Gasteiger partial charge in [0.15, 0.2) is 0 Å². The Morgan fingerprint density at radius 3 is 2.59 bits per heavy atom. The van der Waals surface area contributed by atoms with Gasteiger partial charge in [0.05, 0.1) is 6.54 Å². The fourth-order valence-electron chi connectivity index (χ4n) is 2.99. The van der Waals surface area contributed by atoms with E-state index in [1.807, 2.05) is 48.5 Å². The van der Waals surface area contributed by atoms with Gasteiger partial charge in [-0.3, -0.25) is 4.79 Å². The molecule has 1 amide bonds. The van der Waals surface area contributed by atoms with E-state index in [9.17, 15) is 9.59 Å². The Kier molecular flexibility index (Phi) is 5.26. The van der Waals surface area contributed by atoms with Crippen LogP contribution in [0.1, 0.15) is 10.4 Å². The zero-order valence-electron chi connectivity index (χ0n) is 15.5. The van der Waals surface area contributed by atoms with Crippen LogP contribution in [0.5, 0.6) is 5.75 Å². The lowest BCUT2D eigenvalue weighted by atomic mass is 10.1. The summed E-state index contributed by atoms with van der Waals surface area (Å²) >= 11 is 0. The predicted molar refractivity (Wildman–Crippen MR) is 112 cm³/mol. The minimum atomic E-state index is -0.673. The minimum absolute atomic E-state index is 0.0440. The van der Waals surface area contributed by atoms with Gasteiger partial charge in [0.25, 0.3) is 5.91 Å². The fraction of sp³-hybridized carbons (Fsp3) is 0.0833. The molecule has 0 atom stereocenters. The standard InChI is InChI=1S/C24H17NO4/c26-23(20-16-18-9-2-4-12-21(18)29-24(20)27)25-14-5-6-15-28-22-13-7-10-17-8-1-3-11-19(17)22/h1-4,7-13,16H,14-15H2,(H,25,26). The second-order valence-electron chi connectivity index (χ2n) is 6.29. The molecular formula is C24H17NO4. The van der Waals surface area contributed by atoms with Crippen LogP contribution in [0.2, 0.25) is 0 Å². The Morgan fingerprint density at radius 2 is 1.69 bits per heavy atom. The Morgan fingerprint density at radius 1 is 0.931 bits per heavy atom. The molecule has 5 nitrogen and oxygen atoms in total. The van der Waals surface area contributed by atoms with Gasteiger partial charge in [0.2, 0.25) is 0 Å². The van der Waals surface area contributed by atoms with Gasteiger partial charge in [-0.15, -0.1) is 0 Å². The molecule has 4 rings (SSSR count). The Balaban J connectivity index is 1.35. The van der Waals surface area contributed by atoms with Gasteiger partial charge in [-0.25, -0.2) is 4.79 Å². The zero-order valence-corrected chi connectivity index (χ0v) is 15.5. The van der Waals surface area contributed by atoms with E-state index in [-0.39, 0.29) is 18.7 Å². The van der Waals surface area contributed by atoms with Crippen LogP contribution < -0.4 is 15.7 Å². The van der Waals surface area contributed by atoms with Crippen molar-refractivity contribution in [1.82, 2.24) is 5.32 Å².